The second-order valence-electron chi connectivity index (χ2n) is 2.50. The first-order valence-electron chi connectivity index (χ1n) is 4.00. The lowest BCUT2D eigenvalue weighted by Crippen LogP contribution is -2.22. The third kappa shape index (κ3) is 2.02. The highest BCUT2D eigenvalue weighted by Crippen LogP contribution is 1.77. The van der Waals surface area contributed by atoms with E-state index in [1.807, 2.05) is 24.3 Å². The average Bonchev–Trinajstić information content (AvgIpc) is 2.09. The molecule has 0 aromatic heterocycles. The van der Waals surface area contributed by atoms with Gasteiger partial charge in [0, 0.05) is 5.22 Å². The number of nitrogens with one attached hydrogen (secondary N) is 1. The summed E-state index contributed by atoms with van der Waals surface area (Å²) < 4.78 is 0. The maximum absolute atomic E-state index is 6.72. The molecule has 0 saturated heterocycles. The molecular formula is C10H12N2. The van der Waals surface area contributed by atoms with E-state index in [4.69, 9.17) is 5.53 Å². The van der Waals surface area contributed by atoms with Gasteiger partial charge in [-0.15, -0.1) is 0 Å². The van der Waals surface area contributed by atoms with E-state index in [1.165, 1.54) is 0 Å². The molecule has 0 spiro atoms. The van der Waals surface area contributed by atoms with Crippen molar-refractivity contribution < 1.29 is 0 Å². The molecule has 1 N–H and O–H groups in total. The Bertz CT molecular complexity index is 366. The Morgan fingerprint density at radius 1 is 1.33 bits per heavy atom. The van der Waals surface area contributed by atoms with Crippen molar-refractivity contribution in [3.63, 3.8) is 0 Å². The summed E-state index contributed by atoms with van der Waals surface area (Å²) in [4.78, 5) is 0. The number of rotatable bonds is 2. The quantitative estimate of drug-likeness (QED) is 0.639. The predicted octanol–water partition coefficient (Wildman–Crippen LogP) is 1.65. The van der Waals surface area contributed by atoms with E-state index in [0.29, 0.717) is 0 Å². The zero-order valence-corrected chi connectivity index (χ0v) is 7.12. The van der Waals surface area contributed by atoms with E-state index < -0.39 is 0 Å². The van der Waals surface area contributed by atoms with E-state index in [-0.39, 0.29) is 0 Å². The molecule has 62 valence electrons. The van der Waals surface area contributed by atoms with Gasteiger partial charge in [0.1, 0.15) is 0 Å². The molecule has 0 aliphatic heterocycles. The second-order valence-corrected chi connectivity index (χ2v) is 2.50. The summed E-state index contributed by atoms with van der Waals surface area (Å²) in [5, 5.41) is 5.41. The molecule has 0 unspecified atom stereocenters. The van der Waals surface area contributed by atoms with E-state index >= 15 is 0 Å². The van der Waals surface area contributed by atoms with E-state index in [2.05, 4.69) is 18.1 Å². The average molecular weight is 160 g/mol. The minimum Gasteiger partial charge on any atom is -0.205 e. The number of hydrogen-bond acceptors (Lipinski definition) is 2. The van der Waals surface area contributed by atoms with Gasteiger partial charge in [-0.25, -0.2) is 5.53 Å². The molecule has 0 aliphatic rings. The zero-order chi connectivity index (χ0) is 8.81. The van der Waals surface area contributed by atoms with E-state index in [1.54, 1.807) is 6.20 Å². The Morgan fingerprint density at radius 2 is 2.00 bits per heavy atom. The third-order valence-electron chi connectivity index (χ3n) is 1.62. The number of nitrogens with zero attached hydrogens (tertiary/aromatic N) is 1. The fourth-order valence-electron chi connectivity index (χ4n) is 1.10. The zero-order valence-electron chi connectivity index (χ0n) is 7.12. The molecule has 0 amide bonds. The Morgan fingerprint density at radius 3 is 2.58 bits per heavy atom. The van der Waals surface area contributed by atoms with E-state index in [0.717, 1.165) is 16.9 Å². The van der Waals surface area contributed by atoms with Crippen molar-refractivity contribution in [1.29, 1.82) is 5.53 Å². The van der Waals surface area contributed by atoms with Crippen molar-refractivity contribution in [3.8, 4) is 0 Å². The van der Waals surface area contributed by atoms with Crippen LogP contribution in [0.1, 0.15) is 13.3 Å². The first-order chi connectivity index (χ1) is 5.88. The van der Waals surface area contributed by atoms with Gasteiger partial charge in [-0.1, -0.05) is 37.3 Å². The second kappa shape index (κ2) is 4.44. The van der Waals surface area contributed by atoms with E-state index in [9.17, 15) is 0 Å². The standard InChI is InChI=1S/C10H12N2/c1-2-5-9-6-3-4-7-10(9)8-12-11/h3-8,11H,2H2,1H3/b9-5-,10-8-,12-11?. The van der Waals surface area contributed by atoms with Gasteiger partial charge >= 0.3 is 0 Å². The summed E-state index contributed by atoms with van der Waals surface area (Å²) in [5.41, 5.74) is 6.72. The topological polar surface area (TPSA) is 36.2 Å². The molecule has 0 atom stereocenters. The highest BCUT2D eigenvalue weighted by molar-refractivity contribution is 5.30. The van der Waals surface area contributed by atoms with Crippen molar-refractivity contribution in [1.82, 2.24) is 0 Å². The SMILES string of the molecule is CC/C=c1/cccc/c1=C/N=N. The predicted molar refractivity (Wildman–Crippen MR) is 50.1 cm³/mol. The summed E-state index contributed by atoms with van der Waals surface area (Å²) in [6, 6.07) is 7.92. The molecule has 0 heterocycles. The lowest BCUT2D eigenvalue weighted by atomic mass is 10.2. The van der Waals surface area contributed by atoms with Gasteiger partial charge in [0.05, 0.1) is 6.20 Å². The van der Waals surface area contributed by atoms with Crippen LogP contribution in [0.25, 0.3) is 12.3 Å². The van der Waals surface area contributed by atoms with Crippen LogP contribution in [0, 0.1) is 5.53 Å². The summed E-state index contributed by atoms with van der Waals surface area (Å²) in [7, 11) is 0. The fourth-order valence-corrected chi connectivity index (χ4v) is 1.10. The Labute approximate surface area is 71.7 Å². The summed E-state index contributed by atoms with van der Waals surface area (Å²) in [6.07, 6.45) is 4.68. The molecule has 12 heavy (non-hydrogen) atoms. The van der Waals surface area contributed by atoms with Crippen LogP contribution in [0.3, 0.4) is 0 Å². The minimum atomic E-state index is 1.00. The maximum Gasteiger partial charge on any atom is 0.0567 e. The Balaban J connectivity index is 3.37. The van der Waals surface area contributed by atoms with Gasteiger partial charge in [0.25, 0.3) is 0 Å². The third-order valence-corrected chi connectivity index (χ3v) is 1.62. The first kappa shape index (κ1) is 8.65. The molecule has 0 bridgehead atoms. The highest BCUT2D eigenvalue weighted by atomic mass is 14.9. The van der Waals surface area contributed by atoms with Crippen LogP contribution in [0.5, 0.6) is 0 Å². The molecule has 2 heteroatoms. The van der Waals surface area contributed by atoms with Crippen LogP contribution in [-0.4, -0.2) is 0 Å². The molecule has 0 radical (unpaired) electrons. The molecule has 1 aromatic carbocycles. The Kier molecular flexibility index (Phi) is 3.20. The molecule has 0 aliphatic carbocycles. The van der Waals surface area contributed by atoms with Gasteiger partial charge in [0.2, 0.25) is 0 Å². The molecule has 0 fully saturated rings. The largest absolute Gasteiger partial charge is 0.205 e. The summed E-state index contributed by atoms with van der Waals surface area (Å²) in [6.45, 7) is 2.09. The summed E-state index contributed by atoms with van der Waals surface area (Å²) >= 11 is 0. The van der Waals surface area contributed by atoms with Crippen LogP contribution < -0.4 is 10.4 Å². The highest BCUT2D eigenvalue weighted by Gasteiger charge is 1.81. The lowest BCUT2D eigenvalue weighted by molar-refractivity contribution is 1.18. The molecule has 2 nitrogen and oxygen atoms in total. The van der Waals surface area contributed by atoms with Crippen molar-refractivity contribution in [3.05, 3.63) is 34.7 Å². The number of benzene rings is 1. The van der Waals surface area contributed by atoms with Crippen molar-refractivity contribution >= 4 is 12.3 Å². The van der Waals surface area contributed by atoms with Crippen LogP contribution in [0.2, 0.25) is 0 Å². The lowest BCUT2D eigenvalue weighted by Gasteiger charge is -1.87. The van der Waals surface area contributed by atoms with Crippen molar-refractivity contribution in [2.24, 2.45) is 5.11 Å². The summed E-state index contributed by atoms with van der Waals surface area (Å²) in [5.74, 6) is 0. The first-order valence-corrected chi connectivity index (χ1v) is 4.00. The molecule has 1 rings (SSSR count). The molecule has 1 aromatic rings. The van der Waals surface area contributed by atoms with Gasteiger partial charge in [0.15, 0.2) is 0 Å². The minimum absolute atomic E-state index is 1.00. The van der Waals surface area contributed by atoms with Gasteiger partial charge in [-0.05, 0) is 11.6 Å². The van der Waals surface area contributed by atoms with Crippen LogP contribution in [0.15, 0.2) is 29.4 Å². The van der Waals surface area contributed by atoms with Gasteiger partial charge in [-0.2, -0.15) is 5.11 Å². The fraction of sp³-hybridized carbons (Fsp3) is 0.200. The van der Waals surface area contributed by atoms with Crippen LogP contribution >= 0.6 is 0 Å². The smallest absolute Gasteiger partial charge is 0.0567 e. The van der Waals surface area contributed by atoms with Gasteiger partial charge in [-0.3, -0.25) is 0 Å². The van der Waals surface area contributed by atoms with Gasteiger partial charge < -0.3 is 0 Å². The van der Waals surface area contributed by atoms with Crippen LogP contribution in [0.4, 0.5) is 0 Å². The molecular weight excluding hydrogens is 148 g/mol. The normalized spacial score (nSPS) is 13.4. The number of hydrogen-bond donors (Lipinski definition) is 1. The maximum atomic E-state index is 6.72. The Hall–Kier alpha value is -1.44. The van der Waals surface area contributed by atoms with Crippen LogP contribution in [-0.2, 0) is 0 Å². The monoisotopic (exact) mass is 160 g/mol. The van der Waals surface area contributed by atoms with Crippen molar-refractivity contribution in [2.45, 2.75) is 13.3 Å². The van der Waals surface area contributed by atoms with Crippen molar-refractivity contribution in [2.75, 3.05) is 0 Å². The molecule has 0 saturated carbocycles.